The van der Waals surface area contributed by atoms with Crippen LogP contribution in [0.2, 0.25) is 0 Å². The molecular weight excluding hydrogens is 471 g/mol. The van der Waals surface area contributed by atoms with Crippen molar-refractivity contribution in [1.29, 1.82) is 0 Å². The summed E-state index contributed by atoms with van der Waals surface area (Å²) >= 11 is 0. The molecule has 1 heterocycles. The summed E-state index contributed by atoms with van der Waals surface area (Å²) in [7, 11) is 3.13. The number of ether oxygens (including phenoxy) is 3. The third-order valence-electron chi connectivity index (χ3n) is 4.18. The van der Waals surface area contributed by atoms with Crippen molar-refractivity contribution in [1.82, 2.24) is 10.2 Å². The minimum Gasteiger partial charge on any atom is -0.493 e. The number of hydrogen-bond donors (Lipinski definition) is 1. The van der Waals surface area contributed by atoms with Crippen molar-refractivity contribution in [3.05, 3.63) is 23.8 Å². The lowest BCUT2D eigenvalue weighted by Crippen LogP contribution is -2.40. The van der Waals surface area contributed by atoms with Crippen LogP contribution in [0.3, 0.4) is 0 Å². The highest BCUT2D eigenvalue weighted by atomic mass is 127. The maximum atomic E-state index is 12.6. The summed E-state index contributed by atoms with van der Waals surface area (Å²) in [6, 6.07) is 4.94. The topological polar surface area (TPSA) is 55.3 Å². The number of hydrogen-bond acceptors (Lipinski definition) is 4. The van der Waals surface area contributed by atoms with E-state index in [0.717, 1.165) is 44.2 Å². The van der Waals surface area contributed by atoms with Gasteiger partial charge >= 0.3 is 6.61 Å². The summed E-state index contributed by atoms with van der Waals surface area (Å²) in [5, 5.41) is 3.29. The lowest BCUT2D eigenvalue weighted by molar-refractivity contribution is -0.0512. The molecular formula is C18H28F2IN3O3. The average molecular weight is 499 g/mol. The highest BCUT2D eigenvalue weighted by molar-refractivity contribution is 14.0. The molecule has 6 nitrogen and oxygen atoms in total. The molecule has 9 heteroatoms. The van der Waals surface area contributed by atoms with E-state index in [2.05, 4.69) is 19.9 Å². The van der Waals surface area contributed by atoms with E-state index in [0.29, 0.717) is 12.5 Å². The predicted octanol–water partition coefficient (Wildman–Crippen LogP) is 3.35. The zero-order valence-electron chi connectivity index (χ0n) is 15.9. The van der Waals surface area contributed by atoms with Gasteiger partial charge in [-0.05, 0) is 31.0 Å². The number of benzene rings is 1. The molecule has 0 spiro atoms. The Kier molecular flexibility index (Phi) is 10.7. The molecule has 1 aromatic rings. The van der Waals surface area contributed by atoms with Crippen LogP contribution in [-0.4, -0.2) is 57.9 Å². The van der Waals surface area contributed by atoms with Crippen molar-refractivity contribution in [2.45, 2.75) is 26.5 Å². The van der Waals surface area contributed by atoms with Crippen molar-refractivity contribution in [2.75, 3.05) is 40.5 Å². The first-order valence-corrected chi connectivity index (χ1v) is 8.71. The fraction of sp³-hybridized carbons (Fsp3) is 0.611. The molecule has 1 aliphatic heterocycles. The molecule has 0 aromatic heterocycles. The van der Waals surface area contributed by atoms with Crippen LogP contribution in [0, 0.1) is 5.92 Å². The number of rotatable bonds is 8. The zero-order valence-corrected chi connectivity index (χ0v) is 18.2. The monoisotopic (exact) mass is 499 g/mol. The molecule has 1 saturated heterocycles. The van der Waals surface area contributed by atoms with Gasteiger partial charge in [-0.3, -0.25) is 0 Å². The summed E-state index contributed by atoms with van der Waals surface area (Å²) in [6.07, 6.45) is 1.06. The Morgan fingerprint density at radius 2 is 2.11 bits per heavy atom. The third-order valence-corrected chi connectivity index (χ3v) is 4.18. The molecule has 1 unspecified atom stereocenters. The van der Waals surface area contributed by atoms with Gasteiger partial charge in [0, 0.05) is 32.7 Å². The summed E-state index contributed by atoms with van der Waals surface area (Å²) in [4.78, 5) is 6.84. The van der Waals surface area contributed by atoms with Gasteiger partial charge < -0.3 is 24.4 Å². The van der Waals surface area contributed by atoms with E-state index in [9.17, 15) is 8.78 Å². The van der Waals surface area contributed by atoms with Gasteiger partial charge in [0.05, 0.1) is 20.3 Å². The van der Waals surface area contributed by atoms with E-state index in [1.807, 2.05) is 6.92 Å². The van der Waals surface area contributed by atoms with Crippen LogP contribution in [0.4, 0.5) is 8.78 Å². The SMILES string of the molecule is CCNC(=NCc1ccc(OC)c(OC(F)F)c1)N1CCC(COC)C1.I. The van der Waals surface area contributed by atoms with Gasteiger partial charge in [-0.1, -0.05) is 6.07 Å². The Hall–Kier alpha value is -1.36. The normalized spacial score (nSPS) is 17.0. The highest BCUT2D eigenvalue weighted by Crippen LogP contribution is 2.29. The first-order valence-electron chi connectivity index (χ1n) is 8.71. The second kappa shape index (κ2) is 12.2. The van der Waals surface area contributed by atoms with Crippen LogP contribution in [0.15, 0.2) is 23.2 Å². The van der Waals surface area contributed by atoms with Crippen LogP contribution in [-0.2, 0) is 11.3 Å². The molecule has 0 bridgehead atoms. The van der Waals surface area contributed by atoms with Gasteiger partial charge in [0.2, 0.25) is 0 Å². The van der Waals surface area contributed by atoms with E-state index in [1.165, 1.54) is 13.2 Å². The standard InChI is InChI=1S/C18H27F2N3O3.HI/c1-4-21-18(23-8-7-14(11-23)12-24-2)22-10-13-5-6-15(25-3)16(9-13)26-17(19)20;/h5-6,9,14,17H,4,7-8,10-12H2,1-3H3,(H,21,22);1H. The number of nitrogens with zero attached hydrogens (tertiary/aromatic N) is 2. The van der Waals surface area contributed by atoms with Gasteiger partial charge in [0.15, 0.2) is 17.5 Å². The largest absolute Gasteiger partial charge is 0.493 e. The Morgan fingerprint density at radius 3 is 2.74 bits per heavy atom. The van der Waals surface area contributed by atoms with Crippen molar-refractivity contribution in [3.63, 3.8) is 0 Å². The number of halogens is 3. The maximum Gasteiger partial charge on any atom is 0.387 e. The molecule has 1 atom stereocenters. The molecule has 0 amide bonds. The summed E-state index contributed by atoms with van der Waals surface area (Å²) in [5.74, 6) is 1.60. The molecule has 1 fully saturated rings. The van der Waals surface area contributed by atoms with Crippen LogP contribution in [0.5, 0.6) is 11.5 Å². The molecule has 0 saturated carbocycles. The lowest BCUT2D eigenvalue weighted by atomic mass is 10.1. The Balaban J connectivity index is 0.00000364. The lowest BCUT2D eigenvalue weighted by Gasteiger charge is -2.21. The van der Waals surface area contributed by atoms with E-state index >= 15 is 0 Å². The van der Waals surface area contributed by atoms with Gasteiger partial charge in [0.25, 0.3) is 0 Å². The van der Waals surface area contributed by atoms with Crippen LogP contribution >= 0.6 is 24.0 Å². The molecule has 1 aromatic carbocycles. The molecule has 1 aliphatic rings. The molecule has 2 rings (SSSR count). The number of nitrogens with one attached hydrogen (secondary N) is 1. The fourth-order valence-corrected chi connectivity index (χ4v) is 3.00. The molecule has 0 aliphatic carbocycles. The summed E-state index contributed by atoms with van der Waals surface area (Å²) in [5.41, 5.74) is 0.768. The van der Waals surface area contributed by atoms with E-state index in [4.69, 9.17) is 9.47 Å². The first kappa shape index (κ1) is 23.7. The second-order valence-electron chi connectivity index (χ2n) is 6.09. The highest BCUT2D eigenvalue weighted by Gasteiger charge is 2.24. The maximum absolute atomic E-state index is 12.6. The average Bonchev–Trinajstić information content (AvgIpc) is 3.07. The quantitative estimate of drug-likeness (QED) is 0.338. The van der Waals surface area contributed by atoms with E-state index in [1.54, 1.807) is 19.2 Å². The number of guanidine groups is 1. The van der Waals surface area contributed by atoms with E-state index < -0.39 is 6.61 Å². The predicted molar refractivity (Wildman–Crippen MR) is 111 cm³/mol. The van der Waals surface area contributed by atoms with E-state index in [-0.39, 0.29) is 35.5 Å². The first-order chi connectivity index (χ1) is 12.6. The Labute approximate surface area is 176 Å². The van der Waals surface area contributed by atoms with Gasteiger partial charge in [-0.15, -0.1) is 24.0 Å². The van der Waals surface area contributed by atoms with Crippen molar-refractivity contribution >= 4 is 29.9 Å². The molecule has 27 heavy (non-hydrogen) atoms. The zero-order chi connectivity index (χ0) is 18.9. The number of likely N-dealkylation sites (tertiary alicyclic amines) is 1. The Morgan fingerprint density at radius 1 is 1.33 bits per heavy atom. The summed E-state index contributed by atoms with van der Waals surface area (Å²) in [6.45, 7) is 2.78. The third kappa shape index (κ3) is 7.28. The van der Waals surface area contributed by atoms with Crippen molar-refractivity contribution < 1.29 is 23.0 Å². The second-order valence-corrected chi connectivity index (χ2v) is 6.09. The number of aliphatic imine (C=N–C) groups is 1. The van der Waals surface area contributed by atoms with Crippen LogP contribution in [0.25, 0.3) is 0 Å². The molecule has 154 valence electrons. The Bertz CT molecular complexity index is 605. The van der Waals surface area contributed by atoms with Gasteiger partial charge in [-0.2, -0.15) is 8.78 Å². The number of methoxy groups -OCH3 is 2. The smallest absolute Gasteiger partial charge is 0.387 e. The minimum atomic E-state index is -2.90. The minimum absolute atomic E-state index is 0. The number of alkyl halides is 2. The summed E-state index contributed by atoms with van der Waals surface area (Å²) < 4.78 is 39.9. The van der Waals surface area contributed by atoms with Crippen molar-refractivity contribution in [3.8, 4) is 11.5 Å². The van der Waals surface area contributed by atoms with Gasteiger partial charge in [0.1, 0.15) is 0 Å². The molecule has 0 radical (unpaired) electrons. The van der Waals surface area contributed by atoms with Crippen molar-refractivity contribution in [2.24, 2.45) is 10.9 Å². The van der Waals surface area contributed by atoms with Crippen LogP contribution < -0.4 is 14.8 Å². The fourth-order valence-electron chi connectivity index (χ4n) is 3.00. The molecule has 1 N–H and O–H groups in total. The van der Waals surface area contributed by atoms with Crippen LogP contribution in [0.1, 0.15) is 18.9 Å². The van der Waals surface area contributed by atoms with Gasteiger partial charge in [-0.25, -0.2) is 4.99 Å².